The molecule has 0 bridgehead atoms. The van der Waals surface area contributed by atoms with Crippen molar-refractivity contribution in [3.05, 3.63) is 60.8 Å². The van der Waals surface area contributed by atoms with Crippen LogP contribution in [0.15, 0.2) is 60.8 Å². The first kappa shape index (κ1) is 87.7. The lowest BCUT2D eigenvalue weighted by atomic mass is 10.0. The third kappa shape index (κ3) is 70.0. The normalized spacial score (nSPS) is 13.7. The minimum absolute atomic E-state index is 0.0417. The molecule has 528 valence electrons. The smallest absolute Gasteiger partial charge is 0.456 e. The van der Waals surface area contributed by atoms with Crippen LogP contribution < -0.4 is 5.32 Å². The summed E-state index contributed by atoms with van der Waals surface area (Å²) in [6.45, 7) is 7.02. The highest BCUT2D eigenvalue weighted by atomic mass is 31.2. The van der Waals surface area contributed by atoms with Gasteiger partial charge in [0.2, 0.25) is 5.91 Å². The van der Waals surface area contributed by atoms with E-state index in [1.165, 1.54) is 283 Å². The van der Waals surface area contributed by atoms with Crippen molar-refractivity contribution < 1.29 is 37.3 Å². The summed E-state index contributed by atoms with van der Waals surface area (Å²) in [5.41, 5.74) is 0. The maximum atomic E-state index is 13.7. The number of hydrogen-bond acceptors (Lipinski definition) is 6. The maximum absolute atomic E-state index is 13.7. The quantitative estimate of drug-likeness (QED) is 0.0205. The Kier molecular flexibility index (Phi) is 67.8. The summed E-state index contributed by atoms with van der Waals surface area (Å²) >= 11 is 0. The number of amides is 1. The number of nitrogens with zero attached hydrogens (tertiary/aromatic N) is 1. The molecule has 0 fully saturated rings. The zero-order valence-electron chi connectivity index (χ0n) is 60.6. The van der Waals surface area contributed by atoms with E-state index in [9.17, 15) is 19.0 Å². The second-order valence-corrected chi connectivity index (χ2v) is 29.3. The first-order chi connectivity index (χ1) is 43.9. The molecule has 2 N–H and O–H groups in total. The van der Waals surface area contributed by atoms with Crippen LogP contribution in [-0.2, 0) is 27.9 Å². The monoisotopic (exact) mass is 1280 g/mol. The van der Waals surface area contributed by atoms with Gasteiger partial charge in [-0.1, -0.05) is 339 Å². The van der Waals surface area contributed by atoms with Crippen LogP contribution in [0.1, 0.15) is 387 Å². The highest BCUT2D eigenvalue weighted by Crippen LogP contribution is 2.43. The number of rotatable bonds is 72. The Bertz CT molecular complexity index is 1720. The third-order valence-electron chi connectivity index (χ3n) is 17.7. The Hall–Kier alpha value is -2.29. The molecule has 0 rings (SSSR count). The number of carbonyl (C=O) groups excluding carboxylic acids is 2. The number of carbonyl (C=O) groups is 2. The number of ether oxygens (including phenoxy) is 1. The van der Waals surface area contributed by atoms with Crippen molar-refractivity contribution in [3.63, 3.8) is 0 Å². The molecule has 3 atom stereocenters. The van der Waals surface area contributed by atoms with Gasteiger partial charge in [0.05, 0.1) is 33.8 Å². The standard InChI is InChI=1S/C80H151N2O7P/c1-7-10-13-16-19-22-25-28-30-32-34-36-38-40-41-43-45-47-49-51-53-55-58-61-64-67-70-73-80(84)89-78(71-68-65-62-59-56-27-24-21-18-15-12-9-3)77(76-88-90(85,86)87-75-74-82(4,5)6)81-79(83)72-69-66-63-60-57-54-52-50-48-46-44-42-39-37-35-33-31-29-26-23-20-17-14-11-8-2/h19-20,22-23,28-31,68,71,77-78H,7-18,21,24-27,32-67,69-70,72-76H2,1-6H3,(H-,81,83,85,86)/p+1/b22-19-,23-20-,30-28-,31-29-,71-68+. The van der Waals surface area contributed by atoms with E-state index in [-0.39, 0.29) is 25.1 Å². The van der Waals surface area contributed by atoms with Crippen molar-refractivity contribution in [2.45, 2.75) is 399 Å². The van der Waals surface area contributed by atoms with E-state index in [2.05, 4.69) is 80.8 Å². The second-order valence-electron chi connectivity index (χ2n) is 27.9. The minimum Gasteiger partial charge on any atom is -0.456 e. The van der Waals surface area contributed by atoms with Gasteiger partial charge >= 0.3 is 13.8 Å². The Morgan fingerprint density at radius 1 is 0.389 bits per heavy atom. The van der Waals surface area contributed by atoms with Gasteiger partial charge in [-0.25, -0.2) is 4.57 Å². The number of phosphoric ester groups is 1. The summed E-state index contributed by atoms with van der Waals surface area (Å²) < 4.78 is 30.9. The molecule has 0 spiro atoms. The Morgan fingerprint density at radius 2 is 0.678 bits per heavy atom. The number of esters is 1. The van der Waals surface area contributed by atoms with Crippen LogP contribution >= 0.6 is 7.82 Å². The van der Waals surface area contributed by atoms with E-state index in [0.717, 1.165) is 70.6 Å². The van der Waals surface area contributed by atoms with Crippen LogP contribution in [-0.4, -0.2) is 74.3 Å². The number of hydrogen-bond donors (Lipinski definition) is 2. The van der Waals surface area contributed by atoms with Crippen LogP contribution in [0, 0.1) is 0 Å². The second kappa shape index (κ2) is 69.5. The van der Waals surface area contributed by atoms with Gasteiger partial charge in [0.1, 0.15) is 19.3 Å². The molecule has 0 aromatic rings. The third-order valence-corrected chi connectivity index (χ3v) is 18.7. The zero-order chi connectivity index (χ0) is 65.6. The van der Waals surface area contributed by atoms with Gasteiger partial charge in [0.25, 0.3) is 0 Å². The van der Waals surface area contributed by atoms with Crippen molar-refractivity contribution in [3.8, 4) is 0 Å². The van der Waals surface area contributed by atoms with Crippen molar-refractivity contribution >= 4 is 19.7 Å². The zero-order valence-corrected chi connectivity index (χ0v) is 61.5. The van der Waals surface area contributed by atoms with Crippen LogP contribution in [0.4, 0.5) is 0 Å². The molecule has 0 aliphatic rings. The minimum atomic E-state index is -4.46. The number of allylic oxidation sites excluding steroid dienone is 9. The largest absolute Gasteiger partial charge is 0.472 e. The molecular formula is C80H152N2O7P+. The van der Waals surface area contributed by atoms with Gasteiger partial charge in [0, 0.05) is 12.8 Å². The topological polar surface area (TPSA) is 111 Å². The molecule has 10 heteroatoms. The van der Waals surface area contributed by atoms with Crippen molar-refractivity contribution in [2.24, 2.45) is 0 Å². The van der Waals surface area contributed by atoms with E-state index < -0.39 is 20.0 Å². The van der Waals surface area contributed by atoms with Crippen LogP contribution in [0.25, 0.3) is 0 Å². The van der Waals surface area contributed by atoms with E-state index >= 15 is 0 Å². The molecule has 0 aliphatic heterocycles. The lowest BCUT2D eigenvalue weighted by Crippen LogP contribution is -2.47. The maximum Gasteiger partial charge on any atom is 0.472 e. The van der Waals surface area contributed by atoms with Crippen LogP contribution in [0.2, 0.25) is 0 Å². The number of unbranched alkanes of at least 4 members (excludes halogenated alkanes) is 48. The van der Waals surface area contributed by atoms with E-state index in [0.29, 0.717) is 23.9 Å². The number of phosphoric acid groups is 1. The lowest BCUT2D eigenvalue weighted by Gasteiger charge is -2.27. The molecule has 0 aromatic heterocycles. The SMILES string of the molecule is CCCCC/C=C\C/C=C\CCCCCCCCCCCCCCCCCCCC(=O)OC(/C=C/CCCCCCCCCCCC)C(COP(=O)(O)OCC[N+](C)(C)C)NC(=O)CCCCCCCCCCCCCCCCC/C=C\C/C=C\CCCCC. The average molecular weight is 1290 g/mol. The van der Waals surface area contributed by atoms with Crippen molar-refractivity contribution in [1.82, 2.24) is 5.32 Å². The lowest BCUT2D eigenvalue weighted by molar-refractivity contribution is -0.870. The van der Waals surface area contributed by atoms with Gasteiger partial charge in [-0.3, -0.25) is 18.6 Å². The Balaban J connectivity index is 4.91. The fourth-order valence-electron chi connectivity index (χ4n) is 11.7. The van der Waals surface area contributed by atoms with Gasteiger partial charge in [-0.2, -0.15) is 0 Å². The first-order valence-corrected chi connectivity index (χ1v) is 40.6. The van der Waals surface area contributed by atoms with Gasteiger partial charge in [-0.15, -0.1) is 0 Å². The van der Waals surface area contributed by atoms with E-state index in [1.54, 1.807) is 0 Å². The summed E-state index contributed by atoms with van der Waals surface area (Å²) in [4.78, 5) is 38.0. The highest BCUT2D eigenvalue weighted by Gasteiger charge is 2.30. The molecule has 1 amide bonds. The molecule has 3 unspecified atom stereocenters. The number of likely N-dealkylation sites (N-methyl/N-ethyl adjacent to an activating group) is 1. The number of quaternary nitrogens is 1. The molecule has 0 aromatic carbocycles. The van der Waals surface area contributed by atoms with E-state index in [1.807, 2.05) is 27.2 Å². The Morgan fingerprint density at radius 3 is 1.02 bits per heavy atom. The molecule has 0 saturated heterocycles. The predicted octanol–water partition coefficient (Wildman–Crippen LogP) is 25.3. The van der Waals surface area contributed by atoms with Crippen molar-refractivity contribution in [2.75, 3.05) is 40.9 Å². The summed E-state index contributed by atoms with van der Waals surface area (Å²) in [7, 11) is 1.51. The first-order valence-electron chi connectivity index (χ1n) is 39.1. The molecule has 0 saturated carbocycles. The number of nitrogens with one attached hydrogen (secondary N) is 1. The van der Waals surface area contributed by atoms with Gasteiger partial charge in [-0.05, 0) is 96.0 Å². The van der Waals surface area contributed by atoms with Gasteiger partial charge < -0.3 is 19.4 Å². The van der Waals surface area contributed by atoms with E-state index in [4.69, 9.17) is 13.8 Å². The summed E-state index contributed by atoms with van der Waals surface area (Å²) in [5.74, 6) is -0.486. The highest BCUT2D eigenvalue weighted by molar-refractivity contribution is 7.47. The summed E-state index contributed by atoms with van der Waals surface area (Å²) in [6, 6.07) is -0.849. The fourth-order valence-corrected chi connectivity index (χ4v) is 12.4. The molecule has 0 radical (unpaired) electrons. The molecular weight excluding hydrogens is 1130 g/mol. The Labute approximate surface area is 560 Å². The average Bonchev–Trinajstić information content (AvgIpc) is 3.12. The predicted molar refractivity (Wildman–Crippen MR) is 392 cm³/mol. The summed E-state index contributed by atoms with van der Waals surface area (Å²) in [5, 5.41) is 3.08. The van der Waals surface area contributed by atoms with Crippen LogP contribution in [0.3, 0.4) is 0 Å². The fraction of sp³-hybridized carbons (Fsp3) is 0.850. The molecule has 0 aliphatic carbocycles. The molecule has 90 heavy (non-hydrogen) atoms. The molecule has 0 heterocycles. The summed E-state index contributed by atoms with van der Waals surface area (Å²) in [6.07, 6.45) is 91.1. The van der Waals surface area contributed by atoms with Gasteiger partial charge in [0.15, 0.2) is 0 Å². The molecule has 9 nitrogen and oxygen atoms in total. The van der Waals surface area contributed by atoms with Crippen LogP contribution in [0.5, 0.6) is 0 Å². The van der Waals surface area contributed by atoms with Crippen molar-refractivity contribution in [1.29, 1.82) is 0 Å².